The van der Waals surface area contributed by atoms with Gasteiger partial charge in [0.25, 0.3) is 0 Å². The summed E-state index contributed by atoms with van der Waals surface area (Å²) in [5, 5.41) is 7.43. The van der Waals surface area contributed by atoms with Crippen molar-refractivity contribution in [1.29, 1.82) is 0 Å². The van der Waals surface area contributed by atoms with Gasteiger partial charge in [-0.2, -0.15) is 0 Å². The highest BCUT2D eigenvalue weighted by atomic mass is 15.1. The van der Waals surface area contributed by atoms with Crippen LogP contribution < -0.4 is 16.4 Å². The lowest BCUT2D eigenvalue weighted by Crippen LogP contribution is -2.35. The van der Waals surface area contributed by atoms with Crippen LogP contribution in [0.25, 0.3) is 10.9 Å². The molecule has 5 heteroatoms. The molecule has 2 aromatic rings. The minimum absolute atomic E-state index is 0.436. The largest absolute Gasteiger partial charge is 0.370 e. The summed E-state index contributed by atoms with van der Waals surface area (Å²) in [5.41, 5.74) is 7.70. The van der Waals surface area contributed by atoms with Crippen molar-refractivity contribution in [3.05, 3.63) is 48.6 Å². The lowest BCUT2D eigenvalue weighted by molar-refractivity contribution is 0.886. The number of rotatable bonds is 6. The Labute approximate surface area is 125 Å². The number of anilines is 1. The number of fused-ring (bicyclic) bond motifs is 1. The lowest BCUT2D eigenvalue weighted by Gasteiger charge is -2.08. The Bertz CT molecular complexity index is 648. The van der Waals surface area contributed by atoms with Gasteiger partial charge < -0.3 is 16.4 Å². The second kappa shape index (κ2) is 7.28. The number of pyridine rings is 1. The van der Waals surface area contributed by atoms with Crippen molar-refractivity contribution in [2.45, 2.75) is 6.92 Å². The Balaban J connectivity index is 1.80. The van der Waals surface area contributed by atoms with Crippen LogP contribution in [-0.2, 0) is 0 Å². The highest BCUT2D eigenvalue weighted by Crippen LogP contribution is 2.13. The molecule has 0 atom stereocenters. The molecule has 1 aromatic carbocycles. The first-order chi connectivity index (χ1) is 10.1. The van der Waals surface area contributed by atoms with E-state index in [0.29, 0.717) is 25.6 Å². The molecule has 0 saturated heterocycles. The number of aromatic nitrogens is 1. The highest BCUT2D eigenvalue weighted by Gasteiger charge is 1.97. The number of nitrogens with one attached hydrogen (secondary N) is 2. The molecule has 0 fully saturated rings. The number of benzene rings is 1. The molecule has 0 bridgehead atoms. The molecule has 0 aliphatic heterocycles. The van der Waals surface area contributed by atoms with Gasteiger partial charge in [0.2, 0.25) is 0 Å². The summed E-state index contributed by atoms with van der Waals surface area (Å²) in [6.07, 6.45) is 0. The van der Waals surface area contributed by atoms with E-state index < -0.39 is 0 Å². The number of aliphatic imine (C=N–C) groups is 1. The van der Waals surface area contributed by atoms with Crippen LogP contribution in [0.5, 0.6) is 0 Å². The number of nitrogens with two attached hydrogens (primary N) is 1. The number of hydrogen-bond donors (Lipinski definition) is 3. The van der Waals surface area contributed by atoms with E-state index in [1.54, 1.807) is 0 Å². The maximum atomic E-state index is 5.73. The molecule has 0 aliphatic carbocycles. The summed E-state index contributed by atoms with van der Waals surface area (Å²) in [6.45, 7) is 7.65. The maximum absolute atomic E-state index is 5.73. The van der Waals surface area contributed by atoms with Crippen LogP contribution >= 0.6 is 0 Å². The molecule has 0 spiro atoms. The lowest BCUT2D eigenvalue weighted by atomic mass is 10.2. The summed E-state index contributed by atoms with van der Waals surface area (Å²) in [7, 11) is 0. The molecule has 0 radical (unpaired) electrons. The third-order valence-corrected chi connectivity index (χ3v) is 2.85. The first kappa shape index (κ1) is 14.8. The number of guanidine groups is 1. The van der Waals surface area contributed by atoms with Gasteiger partial charge in [-0.05, 0) is 25.1 Å². The molecule has 1 heterocycles. The Morgan fingerprint density at radius 1 is 1.24 bits per heavy atom. The van der Waals surface area contributed by atoms with E-state index in [-0.39, 0.29) is 0 Å². The van der Waals surface area contributed by atoms with Crippen molar-refractivity contribution in [3.63, 3.8) is 0 Å². The molecule has 0 amide bonds. The molecule has 0 aliphatic rings. The van der Waals surface area contributed by atoms with Crippen molar-refractivity contribution < 1.29 is 0 Å². The van der Waals surface area contributed by atoms with Crippen molar-refractivity contribution in [2.24, 2.45) is 10.7 Å². The number of para-hydroxylation sites is 1. The van der Waals surface area contributed by atoms with E-state index in [4.69, 9.17) is 5.73 Å². The normalized spacial score (nSPS) is 11.4. The molecular formula is C16H21N5. The first-order valence-electron chi connectivity index (χ1n) is 6.93. The molecule has 1 aromatic heterocycles. The van der Waals surface area contributed by atoms with Gasteiger partial charge >= 0.3 is 0 Å². The van der Waals surface area contributed by atoms with Gasteiger partial charge in [0.15, 0.2) is 5.96 Å². The SMILES string of the molecule is C=C(C)CN=C(N)NCCNc1ccc2ccccc2n1. The molecule has 5 nitrogen and oxygen atoms in total. The zero-order chi connectivity index (χ0) is 15.1. The molecule has 2 rings (SSSR count). The van der Waals surface area contributed by atoms with Gasteiger partial charge in [-0.15, -0.1) is 0 Å². The van der Waals surface area contributed by atoms with Crippen LogP contribution in [0.4, 0.5) is 5.82 Å². The fraction of sp³-hybridized carbons (Fsp3) is 0.250. The van der Waals surface area contributed by atoms with E-state index in [0.717, 1.165) is 22.3 Å². The fourth-order valence-electron chi connectivity index (χ4n) is 1.82. The number of hydrogen-bond acceptors (Lipinski definition) is 3. The van der Waals surface area contributed by atoms with Crippen LogP contribution in [-0.4, -0.2) is 30.6 Å². The Kier molecular flexibility index (Phi) is 5.15. The second-order valence-corrected chi connectivity index (χ2v) is 4.90. The predicted molar refractivity (Wildman–Crippen MR) is 89.5 cm³/mol. The summed E-state index contributed by atoms with van der Waals surface area (Å²) >= 11 is 0. The van der Waals surface area contributed by atoms with Crippen molar-refractivity contribution in [2.75, 3.05) is 25.0 Å². The van der Waals surface area contributed by atoms with Gasteiger partial charge in [-0.1, -0.05) is 30.4 Å². The van der Waals surface area contributed by atoms with Crippen LogP contribution in [0.1, 0.15) is 6.92 Å². The van der Waals surface area contributed by atoms with Gasteiger partial charge in [0, 0.05) is 18.5 Å². The maximum Gasteiger partial charge on any atom is 0.188 e. The van der Waals surface area contributed by atoms with Gasteiger partial charge in [0.1, 0.15) is 5.82 Å². The van der Waals surface area contributed by atoms with Crippen molar-refractivity contribution in [1.82, 2.24) is 10.3 Å². The molecule has 110 valence electrons. The van der Waals surface area contributed by atoms with Gasteiger partial charge in [-0.25, -0.2) is 9.98 Å². The van der Waals surface area contributed by atoms with Crippen LogP contribution in [0.3, 0.4) is 0 Å². The van der Waals surface area contributed by atoms with E-state index in [1.165, 1.54) is 0 Å². The predicted octanol–water partition coefficient (Wildman–Crippen LogP) is 2.13. The third-order valence-electron chi connectivity index (χ3n) is 2.85. The zero-order valence-electron chi connectivity index (χ0n) is 12.3. The average molecular weight is 283 g/mol. The highest BCUT2D eigenvalue weighted by molar-refractivity contribution is 5.80. The second-order valence-electron chi connectivity index (χ2n) is 4.90. The molecule has 0 unspecified atom stereocenters. The van der Waals surface area contributed by atoms with Crippen LogP contribution in [0.15, 0.2) is 53.5 Å². The van der Waals surface area contributed by atoms with E-state index in [9.17, 15) is 0 Å². The quantitative estimate of drug-likeness (QED) is 0.328. The Morgan fingerprint density at radius 3 is 2.86 bits per heavy atom. The molecule has 0 saturated carbocycles. The van der Waals surface area contributed by atoms with E-state index in [2.05, 4.69) is 33.3 Å². The Hall–Kier alpha value is -2.56. The summed E-state index contributed by atoms with van der Waals surface area (Å²) in [4.78, 5) is 8.69. The fourth-order valence-corrected chi connectivity index (χ4v) is 1.82. The summed E-state index contributed by atoms with van der Waals surface area (Å²) < 4.78 is 0. The minimum Gasteiger partial charge on any atom is -0.370 e. The molecular weight excluding hydrogens is 262 g/mol. The minimum atomic E-state index is 0.436. The van der Waals surface area contributed by atoms with Crippen molar-refractivity contribution in [3.8, 4) is 0 Å². The van der Waals surface area contributed by atoms with E-state index in [1.807, 2.05) is 37.3 Å². The Morgan fingerprint density at radius 2 is 2.05 bits per heavy atom. The summed E-state index contributed by atoms with van der Waals surface area (Å²) in [5.74, 6) is 1.29. The smallest absolute Gasteiger partial charge is 0.188 e. The monoisotopic (exact) mass is 283 g/mol. The van der Waals surface area contributed by atoms with E-state index >= 15 is 0 Å². The standard InChI is InChI=1S/C16H21N5/c1-12(2)11-20-16(17)19-10-9-18-15-8-7-13-5-3-4-6-14(13)21-15/h3-8H,1,9-11H2,2H3,(H,18,21)(H3,17,19,20). The summed E-state index contributed by atoms with van der Waals surface area (Å²) in [6, 6.07) is 12.1. The first-order valence-corrected chi connectivity index (χ1v) is 6.93. The van der Waals surface area contributed by atoms with Crippen LogP contribution in [0, 0.1) is 0 Å². The third kappa shape index (κ3) is 4.80. The van der Waals surface area contributed by atoms with Crippen molar-refractivity contribution >= 4 is 22.7 Å². The number of nitrogens with zero attached hydrogens (tertiary/aromatic N) is 2. The van der Waals surface area contributed by atoms with Gasteiger partial charge in [-0.3, -0.25) is 0 Å². The molecule has 4 N–H and O–H groups in total. The topological polar surface area (TPSA) is 75.3 Å². The van der Waals surface area contributed by atoms with Gasteiger partial charge in [0.05, 0.1) is 12.1 Å². The molecule has 21 heavy (non-hydrogen) atoms. The zero-order valence-corrected chi connectivity index (χ0v) is 12.3. The van der Waals surface area contributed by atoms with Crippen LogP contribution in [0.2, 0.25) is 0 Å². The average Bonchev–Trinajstić information content (AvgIpc) is 2.49.